The molecule has 0 saturated heterocycles. The van der Waals surface area contributed by atoms with Crippen LogP contribution in [0.4, 0.5) is 0 Å². The van der Waals surface area contributed by atoms with E-state index in [2.05, 4.69) is 5.32 Å². The number of aryl methyl sites for hydroxylation is 1. The monoisotopic (exact) mass is 313 g/mol. The standard InChI is InChI=1S/C18H19NO4/c1-12-5-2-3-6-13(12)15(20)11-19-18(21)14-7-4-8-16-17(14)23-10-9-22-16/h2-8,15,20H,9-11H2,1H3,(H,19,21)/t15-/m0/s1. The molecule has 0 aromatic heterocycles. The lowest BCUT2D eigenvalue weighted by molar-refractivity contribution is 0.0905. The van der Waals surface area contributed by atoms with Crippen molar-refractivity contribution >= 4 is 5.91 Å². The Kier molecular flexibility index (Phi) is 4.48. The van der Waals surface area contributed by atoms with Gasteiger partial charge >= 0.3 is 0 Å². The Morgan fingerprint density at radius 3 is 2.78 bits per heavy atom. The van der Waals surface area contributed by atoms with Crippen LogP contribution >= 0.6 is 0 Å². The number of rotatable bonds is 4. The van der Waals surface area contributed by atoms with Crippen LogP contribution in [0.2, 0.25) is 0 Å². The minimum absolute atomic E-state index is 0.133. The number of amides is 1. The normalized spacial score (nSPS) is 14.2. The highest BCUT2D eigenvalue weighted by atomic mass is 16.6. The zero-order chi connectivity index (χ0) is 16.2. The number of carbonyl (C=O) groups excluding carboxylic acids is 1. The number of ether oxygens (including phenoxy) is 2. The summed E-state index contributed by atoms with van der Waals surface area (Å²) in [5.41, 5.74) is 2.21. The van der Waals surface area contributed by atoms with E-state index in [0.717, 1.165) is 11.1 Å². The Morgan fingerprint density at radius 2 is 1.96 bits per heavy atom. The highest BCUT2D eigenvalue weighted by molar-refractivity contribution is 5.97. The maximum Gasteiger partial charge on any atom is 0.255 e. The summed E-state index contributed by atoms with van der Waals surface area (Å²) in [6.07, 6.45) is -0.753. The smallest absolute Gasteiger partial charge is 0.255 e. The van der Waals surface area contributed by atoms with Crippen molar-refractivity contribution in [2.45, 2.75) is 13.0 Å². The fourth-order valence-corrected chi connectivity index (χ4v) is 2.61. The molecule has 23 heavy (non-hydrogen) atoms. The zero-order valence-electron chi connectivity index (χ0n) is 12.9. The zero-order valence-corrected chi connectivity index (χ0v) is 12.9. The van der Waals surface area contributed by atoms with Crippen LogP contribution in [0.1, 0.15) is 27.6 Å². The third kappa shape index (κ3) is 3.29. The molecule has 1 amide bonds. The maximum atomic E-state index is 12.4. The number of fused-ring (bicyclic) bond motifs is 1. The molecule has 1 atom stereocenters. The molecule has 2 aromatic carbocycles. The molecule has 2 aromatic rings. The quantitative estimate of drug-likeness (QED) is 0.908. The van der Waals surface area contributed by atoms with Gasteiger partial charge in [-0.05, 0) is 30.2 Å². The second-order valence-electron chi connectivity index (χ2n) is 5.41. The van der Waals surface area contributed by atoms with Gasteiger partial charge in [-0.25, -0.2) is 0 Å². The van der Waals surface area contributed by atoms with E-state index in [1.165, 1.54) is 0 Å². The number of hydrogen-bond donors (Lipinski definition) is 2. The van der Waals surface area contributed by atoms with Gasteiger partial charge < -0.3 is 19.9 Å². The Labute approximate surface area is 134 Å². The summed E-state index contributed by atoms with van der Waals surface area (Å²) >= 11 is 0. The van der Waals surface area contributed by atoms with Gasteiger partial charge in [-0.1, -0.05) is 30.3 Å². The van der Waals surface area contributed by atoms with Crippen LogP contribution in [-0.4, -0.2) is 30.8 Å². The van der Waals surface area contributed by atoms with Gasteiger partial charge in [0.25, 0.3) is 5.91 Å². The third-order valence-electron chi connectivity index (χ3n) is 3.81. The molecule has 0 saturated carbocycles. The van der Waals surface area contributed by atoms with E-state index in [1.807, 2.05) is 31.2 Å². The van der Waals surface area contributed by atoms with E-state index in [1.54, 1.807) is 18.2 Å². The van der Waals surface area contributed by atoms with Gasteiger partial charge in [0, 0.05) is 6.54 Å². The molecule has 1 heterocycles. The molecule has 5 nitrogen and oxygen atoms in total. The molecule has 120 valence electrons. The number of nitrogens with one attached hydrogen (secondary N) is 1. The lowest BCUT2D eigenvalue weighted by atomic mass is 10.0. The van der Waals surface area contributed by atoms with Crippen molar-refractivity contribution in [3.63, 3.8) is 0 Å². The van der Waals surface area contributed by atoms with Gasteiger partial charge in [-0.2, -0.15) is 0 Å². The third-order valence-corrected chi connectivity index (χ3v) is 3.81. The molecule has 0 aliphatic carbocycles. The summed E-state index contributed by atoms with van der Waals surface area (Å²) in [7, 11) is 0. The van der Waals surface area contributed by atoms with Gasteiger partial charge in [0.2, 0.25) is 0 Å². The van der Waals surface area contributed by atoms with Crippen molar-refractivity contribution in [3.8, 4) is 11.5 Å². The fourth-order valence-electron chi connectivity index (χ4n) is 2.61. The average Bonchev–Trinajstić information content (AvgIpc) is 2.59. The lowest BCUT2D eigenvalue weighted by Gasteiger charge is -2.21. The molecule has 0 fully saturated rings. The van der Waals surface area contributed by atoms with E-state index in [9.17, 15) is 9.90 Å². The number of benzene rings is 2. The highest BCUT2D eigenvalue weighted by Gasteiger charge is 2.21. The van der Waals surface area contributed by atoms with Crippen molar-refractivity contribution in [1.82, 2.24) is 5.32 Å². The largest absolute Gasteiger partial charge is 0.486 e. The molecule has 5 heteroatoms. The number of aliphatic hydroxyl groups is 1. The van der Waals surface area contributed by atoms with Crippen LogP contribution in [0.5, 0.6) is 11.5 Å². The van der Waals surface area contributed by atoms with E-state index < -0.39 is 6.10 Å². The molecular weight excluding hydrogens is 294 g/mol. The first-order valence-corrected chi connectivity index (χ1v) is 7.57. The second-order valence-corrected chi connectivity index (χ2v) is 5.41. The molecule has 1 aliphatic heterocycles. The Morgan fingerprint density at radius 1 is 1.17 bits per heavy atom. The first kappa shape index (κ1) is 15.4. The predicted octanol–water partition coefficient (Wildman–Crippen LogP) is 2.23. The van der Waals surface area contributed by atoms with Crippen LogP contribution < -0.4 is 14.8 Å². The molecule has 0 bridgehead atoms. The lowest BCUT2D eigenvalue weighted by Crippen LogP contribution is -2.29. The molecular formula is C18H19NO4. The predicted molar refractivity (Wildman–Crippen MR) is 85.9 cm³/mol. The van der Waals surface area contributed by atoms with Crippen molar-refractivity contribution in [3.05, 3.63) is 59.2 Å². The summed E-state index contributed by atoms with van der Waals surface area (Å²) in [5, 5.41) is 13.0. The van der Waals surface area contributed by atoms with Crippen LogP contribution in [0.25, 0.3) is 0 Å². The second kappa shape index (κ2) is 6.71. The van der Waals surface area contributed by atoms with Gasteiger partial charge in [0.05, 0.1) is 11.7 Å². The fraction of sp³-hybridized carbons (Fsp3) is 0.278. The van der Waals surface area contributed by atoms with Gasteiger partial charge in [-0.15, -0.1) is 0 Å². The number of para-hydroxylation sites is 1. The summed E-state index contributed by atoms with van der Waals surface area (Å²) in [6.45, 7) is 2.96. The Balaban J connectivity index is 1.70. The summed E-state index contributed by atoms with van der Waals surface area (Å²) in [6, 6.07) is 12.8. The number of hydrogen-bond acceptors (Lipinski definition) is 4. The first-order valence-electron chi connectivity index (χ1n) is 7.57. The molecule has 0 radical (unpaired) electrons. The van der Waals surface area contributed by atoms with Crippen molar-refractivity contribution in [2.75, 3.05) is 19.8 Å². The van der Waals surface area contributed by atoms with Gasteiger partial charge in [0.1, 0.15) is 13.2 Å². The molecule has 0 spiro atoms. The molecule has 1 aliphatic rings. The van der Waals surface area contributed by atoms with Crippen LogP contribution in [0.3, 0.4) is 0 Å². The van der Waals surface area contributed by atoms with E-state index in [0.29, 0.717) is 30.3 Å². The summed E-state index contributed by atoms with van der Waals surface area (Å²) < 4.78 is 11.0. The summed E-state index contributed by atoms with van der Waals surface area (Å²) in [5.74, 6) is 0.741. The highest BCUT2D eigenvalue weighted by Crippen LogP contribution is 2.33. The van der Waals surface area contributed by atoms with E-state index in [4.69, 9.17) is 9.47 Å². The van der Waals surface area contributed by atoms with Crippen molar-refractivity contribution < 1.29 is 19.4 Å². The van der Waals surface area contributed by atoms with Crippen LogP contribution in [0, 0.1) is 6.92 Å². The number of aliphatic hydroxyl groups excluding tert-OH is 1. The van der Waals surface area contributed by atoms with E-state index in [-0.39, 0.29) is 12.5 Å². The molecule has 3 rings (SSSR count). The molecule has 2 N–H and O–H groups in total. The minimum atomic E-state index is -0.753. The van der Waals surface area contributed by atoms with Crippen LogP contribution in [0.15, 0.2) is 42.5 Å². The van der Waals surface area contributed by atoms with Crippen LogP contribution in [-0.2, 0) is 0 Å². The maximum absolute atomic E-state index is 12.4. The summed E-state index contributed by atoms with van der Waals surface area (Å²) in [4.78, 5) is 12.4. The Bertz CT molecular complexity index is 714. The van der Waals surface area contributed by atoms with E-state index >= 15 is 0 Å². The Hall–Kier alpha value is -2.53. The SMILES string of the molecule is Cc1ccccc1[C@@H](O)CNC(=O)c1cccc2c1OCCO2. The first-order chi connectivity index (χ1) is 11.2. The van der Waals surface area contributed by atoms with Gasteiger partial charge in [-0.3, -0.25) is 4.79 Å². The topological polar surface area (TPSA) is 67.8 Å². The van der Waals surface area contributed by atoms with Crippen molar-refractivity contribution in [1.29, 1.82) is 0 Å². The van der Waals surface area contributed by atoms with Gasteiger partial charge in [0.15, 0.2) is 11.5 Å². The number of carbonyl (C=O) groups is 1. The molecule has 0 unspecified atom stereocenters. The minimum Gasteiger partial charge on any atom is -0.486 e. The average molecular weight is 313 g/mol. The van der Waals surface area contributed by atoms with Crippen molar-refractivity contribution in [2.24, 2.45) is 0 Å².